The minimum Gasteiger partial charge on any atom is -0.376 e. The van der Waals surface area contributed by atoms with Gasteiger partial charge in [-0.1, -0.05) is 6.07 Å². The van der Waals surface area contributed by atoms with Crippen LogP contribution in [0.3, 0.4) is 0 Å². The van der Waals surface area contributed by atoms with Gasteiger partial charge < -0.3 is 19.9 Å². The smallest absolute Gasteiger partial charge is 0.170 e. The summed E-state index contributed by atoms with van der Waals surface area (Å²) in [4.78, 5) is 10.1. The molecule has 2 aromatic rings. The highest BCUT2D eigenvalue weighted by atomic mass is 32.1. The fourth-order valence-electron chi connectivity index (χ4n) is 3.48. The van der Waals surface area contributed by atoms with Gasteiger partial charge in [0, 0.05) is 31.2 Å². The zero-order valence-corrected chi connectivity index (χ0v) is 13.6. The van der Waals surface area contributed by atoms with Crippen LogP contribution in [0.2, 0.25) is 0 Å². The van der Waals surface area contributed by atoms with Crippen LogP contribution >= 0.6 is 12.2 Å². The van der Waals surface area contributed by atoms with Crippen molar-refractivity contribution in [1.82, 2.24) is 20.2 Å². The van der Waals surface area contributed by atoms with E-state index in [2.05, 4.69) is 26.3 Å². The second-order valence-electron chi connectivity index (χ2n) is 6.04. The van der Waals surface area contributed by atoms with Crippen molar-refractivity contribution in [2.24, 2.45) is 0 Å². The maximum absolute atomic E-state index is 5.81. The van der Waals surface area contributed by atoms with E-state index in [1.807, 2.05) is 36.7 Å². The van der Waals surface area contributed by atoms with Gasteiger partial charge in [-0.15, -0.1) is 0 Å². The molecule has 4 heterocycles. The topological polar surface area (TPSA) is 53.2 Å². The molecule has 23 heavy (non-hydrogen) atoms. The van der Waals surface area contributed by atoms with Crippen LogP contribution in [0.25, 0.3) is 0 Å². The number of H-pyrrole nitrogens is 1. The molecule has 4 rings (SSSR count). The first-order valence-electron chi connectivity index (χ1n) is 8.06. The Morgan fingerprint density at radius 1 is 1.30 bits per heavy atom. The van der Waals surface area contributed by atoms with Crippen molar-refractivity contribution in [2.45, 2.75) is 31.0 Å². The van der Waals surface area contributed by atoms with Crippen molar-refractivity contribution in [1.29, 1.82) is 0 Å². The maximum atomic E-state index is 5.81. The second-order valence-corrected chi connectivity index (χ2v) is 6.43. The highest BCUT2D eigenvalue weighted by molar-refractivity contribution is 7.80. The summed E-state index contributed by atoms with van der Waals surface area (Å²) in [5, 5.41) is 4.23. The molecule has 6 heteroatoms. The van der Waals surface area contributed by atoms with Crippen LogP contribution < -0.4 is 5.32 Å². The molecule has 5 nitrogen and oxygen atoms in total. The molecule has 0 aliphatic carbocycles. The Balaban J connectivity index is 1.66. The predicted octanol–water partition coefficient (Wildman–Crippen LogP) is 2.56. The fourth-order valence-corrected chi connectivity index (χ4v) is 3.79. The van der Waals surface area contributed by atoms with Crippen molar-refractivity contribution in [3.8, 4) is 0 Å². The van der Waals surface area contributed by atoms with E-state index in [-0.39, 0.29) is 18.2 Å². The average Bonchev–Trinajstić information content (AvgIpc) is 3.31. The number of nitrogens with zero attached hydrogens (tertiary/aromatic N) is 2. The first kappa shape index (κ1) is 14.7. The largest absolute Gasteiger partial charge is 0.376 e. The lowest BCUT2D eigenvalue weighted by molar-refractivity contribution is 0.0838. The standard InChI is InChI=1S/C17H20N4OS/c23-17-20-15(13-6-1-2-8-18-13)16(14-7-3-9-19-14)21(17)11-12-5-4-10-22-12/h1-3,6-9,12,15-16,19H,4-5,10-11H2,(H,20,23)/t12-,15-,16-/m1/s1. The van der Waals surface area contributed by atoms with Crippen LogP contribution in [0.5, 0.6) is 0 Å². The third-order valence-electron chi connectivity index (χ3n) is 4.56. The Morgan fingerprint density at radius 2 is 2.26 bits per heavy atom. The van der Waals surface area contributed by atoms with Gasteiger partial charge in [-0.25, -0.2) is 0 Å². The maximum Gasteiger partial charge on any atom is 0.170 e. The molecule has 2 saturated heterocycles. The van der Waals surface area contributed by atoms with Gasteiger partial charge in [-0.2, -0.15) is 0 Å². The molecule has 2 aliphatic heterocycles. The van der Waals surface area contributed by atoms with Crippen LogP contribution in [0.4, 0.5) is 0 Å². The molecule has 0 saturated carbocycles. The average molecular weight is 328 g/mol. The number of ether oxygens (including phenoxy) is 1. The van der Waals surface area contributed by atoms with Gasteiger partial charge in [0.1, 0.15) is 0 Å². The summed E-state index contributed by atoms with van der Waals surface area (Å²) in [5.74, 6) is 0. The SMILES string of the molecule is S=C1N[C@H](c2ccccn2)[C@@H](c2ccc[nH]2)N1C[C@H]1CCCO1. The summed E-state index contributed by atoms with van der Waals surface area (Å²) in [7, 11) is 0. The highest BCUT2D eigenvalue weighted by Crippen LogP contribution is 2.38. The van der Waals surface area contributed by atoms with E-state index >= 15 is 0 Å². The van der Waals surface area contributed by atoms with Crippen molar-refractivity contribution in [3.63, 3.8) is 0 Å². The lowest BCUT2D eigenvalue weighted by atomic mass is 10.0. The highest BCUT2D eigenvalue weighted by Gasteiger charge is 2.41. The lowest BCUT2D eigenvalue weighted by Crippen LogP contribution is -2.36. The van der Waals surface area contributed by atoms with Crippen LogP contribution in [0.1, 0.15) is 36.3 Å². The van der Waals surface area contributed by atoms with Gasteiger partial charge in [0.25, 0.3) is 0 Å². The first-order chi connectivity index (χ1) is 11.3. The number of hydrogen-bond acceptors (Lipinski definition) is 3. The third-order valence-corrected chi connectivity index (χ3v) is 4.92. The molecule has 120 valence electrons. The molecule has 0 spiro atoms. The molecular formula is C17H20N4OS. The van der Waals surface area contributed by atoms with Crippen molar-refractivity contribution < 1.29 is 4.74 Å². The molecule has 2 N–H and O–H groups in total. The molecule has 0 bridgehead atoms. The Labute approximate surface area is 141 Å². The summed E-state index contributed by atoms with van der Waals surface area (Å²) in [6.45, 7) is 1.67. The quantitative estimate of drug-likeness (QED) is 0.845. The van der Waals surface area contributed by atoms with E-state index < -0.39 is 0 Å². The second kappa shape index (κ2) is 6.29. The van der Waals surface area contributed by atoms with Crippen LogP contribution in [0, 0.1) is 0 Å². The number of hydrogen-bond donors (Lipinski definition) is 2. The van der Waals surface area contributed by atoms with Gasteiger partial charge in [0.05, 0.1) is 23.9 Å². The molecule has 2 aromatic heterocycles. The summed E-state index contributed by atoms with van der Waals surface area (Å²) in [6.07, 6.45) is 6.28. The molecule has 3 atom stereocenters. The summed E-state index contributed by atoms with van der Waals surface area (Å²) in [5.41, 5.74) is 2.15. The van der Waals surface area contributed by atoms with Crippen molar-refractivity contribution >= 4 is 17.3 Å². The number of thiocarbonyl (C=S) groups is 1. The van der Waals surface area contributed by atoms with Crippen LogP contribution in [-0.4, -0.2) is 39.2 Å². The number of aromatic amines is 1. The molecule has 0 amide bonds. The van der Waals surface area contributed by atoms with Crippen molar-refractivity contribution in [3.05, 3.63) is 54.1 Å². The van der Waals surface area contributed by atoms with E-state index in [9.17, 15) is 0 Å². The summed E-state index contributed by atoms with van der Waals surface area (Å²) in [6, 6.07) is 10.3. The van der Waals surface area contributed by atoms with Gasteiger partial charge in [0.15, 0.2) is 5.11 Å². The zero-order valence-electron chi connectivity index (χ0n) is 12.8. The summed E-state index contributed by atoms with van der Waals surface area (Å²) >= 11 is 5.62. The molecule has 2 fully saturated rings. The van der Waals surface area contributed by atoms with Gasteiger partial charge >= 0.3 is 0 Å². The van der Waals surface area contributed by atoms with Crippen molar-refractivity contribution in [2.75, 3.05) is 13.2 Å². The van der Waals surface area contributed by atoms with Crippen LogP contribution in [-0.2, 0) is 4.74 Å². The van der Waals surface area contributed by atoms with E-state index in [0.29, 0.717) is 0 Å². The number of nitrogens with one attached hydrogen (secondary N) is 2. The monoisotopic (exact) mass is 328 g/mol. The number of rotatable bonds is 4. The number of pyridine rings is 1. The van der Waals surface area contributed by atoms with Gasteiger partial charge in [-0.05, 0) is 49.3 Å². The minimum absolute atomic E-state index is 0.0451. The zero-order chi connectivity index (χ0) is 15.6. The molecule has 0 unspecified atom stereocenters. The van der Waals surface area contributed by atoms with Gasteiger partial charge in [0.2, 0.25) is 0 Å². The molecule has 0 radical (unpaired) electrons. The Morgan fingerprint density at radius 3 is 2.96 bits per heavy atom. The molecule has 0 aromatic carbocycles. The predicted molar refractivity (Wildman–Crippen MR) is 91.9 cm³/mol. The molecule has 2 aliphatic rings. The first-order valence-corrected chi connectivity index (χ1v) is 8.47. The Kier molecular flexibility index (Phi) is 4.01. The fraction of sp³-hybridized carbons (Fsp3) is 0.412. The number of aromatic nitrogens is 2. The van der Waals surface area contributed by atoms with E-state index in [1.165, 1.54) is 0 Å². The van der Waals surface area contributed by atoms with Gasteiger partial charge in [-0.3, -0.25) is 4.98 Å². The minimum atomic E-state index is 0.0451. The Hall–Kier alpha value is -1.92. The summed E-state index contributed by atoms with van der Waals surface area (Å²) < 4.78 is 5.81. The lowest BCUT2D eigenvalue weighted by Gasteiger charge is -2.28. The van der Waals surface area contributed by atoms with E-state index in [4.69, 9.17) is 17.0 Å². The van der Waals surface area contributed by atoms with E-state index in [1.54, 1.807) is 0 Å². The molecular weight excluding hydrogens is 308 g/mol. The normalized spacial score (nSPS) is 27.4. The van der Waals surface area contributed by atoms with E-state index in [0.717, 1.165) is 42.5 Å². The Bertz CT molecular complexity index is 654. The van der Waals surface area contributed by atoms with Crippen LogP contribution in [0.15, 0.2) is 42.7 Å². The third kappa shape index (κ3) is 2.84.